The summed E-state index contributed by atoms with van der Waals surface area (Å²) in [5.41, 5.74) is 5.55. The normalized spacial score (nSPS) is 21.4. The van der Waals surface area contributed by atoms with Crippen molar-refractivity contribution in [1.82, 2.24) is 15.3 Å². The minimum Gasteiger partial charge on any atom is -0.350 e. The predicted molar refractivity (Wildman–Crippen MR) is 69.1 cm³/mol. The Hall–Kier alpha value is -1.69. The fourth-order valence-electron chi connectivity index (χ4n) is 2.06. The van der Waals surface area contributed by atoms with Gasteiger partial charge in [-0.3, -0.25) is 4.79 Å². The van der Waals surface area contributed by atoms with E-state index in [-0.39, 0.29) is 11.9 Å². The molecule has 0 aromatic carbocycles. The van der Waals surface area contributed by atoms with Crippen molar-refractivity contribution in [2.75, 3.05) is 18.0 Å². The van der Waals surface area contributed by atoms with Crippen molar-refractivity contribution in [1.29, 1.82) is 0 Å². The van der Waals surface area contributed by atoms with Gasteiger partial charge in [0.25, 0.3) is 0 Å². The van der Waals surface area contributed by atoms with E-state index in [9.17, 15) is 4.79 Å². The predicted octanol–water partition coefficient (Wildman–Crippen LogP) is -0.0912. The first-order chi connectivity index (χ1) is 8.66. The van der Waals surface area contributed by atoms with Crippen molar-refractivity contribution in [3.8, 4) is 0 Å². The Labute approximate surface area is 107 Å². The van der Waals surface area contributed by atoms with Crippen molar-refractivity contribution in [2.24, 2.45) is 5.73 Å². The number of hydrogen-bond donors (Lipinski definition) is 2. The van der Waals surface area contributed by atoms with E-state index in [0.717, 1.165) is 31.9 Å². The lowest BCUT2D eigenvalue weighted by Crippen LogP contribution is -2.51. The highest BCUT2D eigenvalue weighted by Crippen LogP contribution is 2.15. The zero-order valence-electron chi connectivity index (χ0n) is 10.5. The molecule has 1 aromatic rings. The maximum Gasteiger partial charge on any atom is 0.236 e. The Morgan fingerprint density at radius 1 is 1.56 bits per heavy atom. The molecule has 1 aromatic heterocycles. The van der Waals surface area contributed by atoms with Crippen LogP contribution in [-0.4, -0.2) is 41.0 Å². The summed E-state index contributed by atoms with van der Waals surface area (Å²) in [6, 6.07) is 1.46. The molecule has 0 aliphatic carbocycles. The van der Waals surface area contributed by atoms with Gasteiger partial charge in [0.05, 0.1) is 6.04 Å². The highest BCUT2D eigenvalue weighted by atomic mass is 16.2. The van der Waals surface area contributed by atoms with E-state index in [1.54, 1.807) is 25.4 Å². The van der Waals surface area contributed by atoms with Crippen LogP contribution in [0.2, 0.25) is 0 Å². The number of rotatable bonds is 3. The number of nitrogens with zero attached hydrogens (tertiary/aromatic N) is 3. The molecule has 0 radical (unpaired) electrons. The van der Waals surface area contributed by atoms with E-state index in [1.165, 1.54) is 0 Å². The van der Waals surface area contributed by atoms with Gasteiger partial charge in [-0.2, -0.15) is 0 Å². The summed E-state index contributed by atoms with van der Waals surface area (Å²) in [6.07, 6.45) is 5.45. The molecule has 1 aliphatic rings. The van der Waals surface area contributed by atoms with Crippen LogP contribution in [0.4, 0.5) is 5.95 Å². The molecule has 1 unspecified atom stereocenters. The molecule has 6 nitrogen and oxygen atoms in total. The summed E-state index contributed by atoms with van der Waals surface area (Å²) >= 11 is 0. The minimum absolute atomic E-state index is 0.101. The molecular formula is C12H19N5O. The number of anilines is 1. The van der Waals surface area contributed by atoms with Gasteiger partial charge in [-0.15, -0.1) is 0 Å². The summed E-state index contributed by atoms with van der Waals surface area (Å²) in [6.45, 7) is 3.35. The molecule has 0 spiro atoms. The summed E-state index contributed by atoms with van der Waals surface area (Å²) < 4.78 is 0. The first kappa shape index (κ1) is 12.8. The monoisotopic (exact) mass is 249 g/mol. The van der Waals surface area contributed by atoms with Crippen LogP contribution in [0.15, 0.2) is 18.5 Å². The van der Waals surface area contributed by atoms with Crippen LogP contribution in [0.25, 0.3) is 0 Å². The Morgan fingerprint density at radius 2 is 2.28 bits per heavy atom. The Morgan fingerprint density at radius 3 is 2.94 bits per heavy atom. The number of hydrogen-bond acceptors (Lipinski definition) is 5. The lowest BCUT2D eigenvalue weighted by atomic mass is 10.1. The molecule has 0 saturated carbocycles. The highest BCUT2D eigenvalue weighted by molar-refractivity contribution is 5.81. The van der Waals surface area contributed by atoms with Crippen molar-refractivity contribution in [3.05, 3.63) is 18.5 Å². The standard InChI is InChI=1S/C12H19N5O/c1-9(13)11(18)16-10-4-2-7-17(8-10)12-14-5-3-6-15-12/h3,5-6,9-10H,2,4,7-8,13H2,1H3,(H,16,18)/t9-,10?/m0/s1. The van der Waals surface area contributed by atoms with Crippen LogP contribution in [0.3, 0.4) is 0 Å². The highest BCUT2D eigenvalue weighted by Gasteiger charge is 2.23. The van der Waals surface area contributed by atoms with Gasteiger partial charge in [-0.25, -0.2) is 9.97 Å². The summed E-state index contributed by atoms with van der Waals surface area (Å²) in [5.74, 6) is 0.619. The van der Waals surface area contributed by atoms with Crippen molar-refractivity contribution in [2.45, 2.75) is 31.8 Å². The lowest BCUT2D eigenvalue weighted by molar-refractivity contribution is -0.122. The van der Waals surface area contributed by atoms with Crippen LogP contribution >= 0.6 is 0 Å². The fraction of sp³-hybridized carbons (Fsp3) is 0.583. The molecule has 1 fully saturated rings. The molecule has 6 heteroatoms. The number of aromatic nitrogens is 2. The molecule has 3 N–H and O–H groups in total. The third-order valence-electron chi connectivity index (χ3n) is 3.02. The second-order valence-electron chi connectivity index (χ2n) is 4.63. The number of amides is 1. The first-order valence-electron chi connectivity index (χ1n) is 6.24. The number of nitrogens with one attached hydrogen (secondary N) is 1. The van der Waals surface area contributed by atoms with Crippen molar-refractivity contribution < 1.29 is 4.79 Å². The molecule has 2 atom stereocenters. The van der Waals surface area contributed by atoms with Crippen LogP contribution in [-0.2, 0) is 4.79 Å². The smallest absolute Gasteiger partial charge is 0.236 e. The van der Waals surface area contributed by atoms with Gasteiger partial charge in [0, 0.05) is 31.5 Å². The summed E-state index contributed by atoms with van der Waals surface area (Å²) in [5, 5.41) is 2.96. The Bertz CT molecular complexity index is 395. The maximum absolute atomic E-state index is 11.6. The van der Waals surface area contributed by atoms with Gasteiger partial charge in [0.15, 0.2) is 0 Å². The molecule has 2 heterocycles. The average Bonchev–Trinajstić information content (AvgIpc) is 2.40. The second-order valence-corrected chi connectivity index (χ2v) is 4.63. The number of carbonyl (C=O) groups excluding carboxylic acids is 1. The third kappa shape index (κ3) is 3.16. The third-order valence-corrected chi connectivity index (χ3v) is 3.02. The van der Waals surface area contributed by atoms with Crippen LogP contribution in [0.5, 0.6) is 0 Å². The van der Waals surface area contributed by atoms with Crippen molar-refractivity contribution in [3.63, 3.8) is 0 Å². The van der Waals surface area contributed by atoms with E-state index in [4.69, 9.17) is 5.73 Å². The van der Waals surface area contributed by atoms with Gasteiger partial charge >= 0.3 is 0 Å². The fourth-order valence-corrected chi connectivity index (χ4v) is 2.06. The molecule has 98 valence electrons. The number of carbonyl (C=O) groups is 1. The lowest BCUT2D eigenvalue weighted by Gasteiger charge is -2.33. The van der Waals surface area contributed by atoms with Crippen molar-refractivity contribution >= 4 is 11.9 Å². The topological polar surface area (TPSA) is 84.1 Å². The quantitative estimate of drug-likeness (QED) is 0.782. The second kappa shape index (κ2) is 5.77. The summed E-state index contributed by atoms with van der Waals surface area (Å²) in [4.78, 5) is 22.1. The molecule has 18 heavy (non-hydrogen) atoms. The maximum atomic E-state index is 11.6. The van der Waals surface area contributed by atoms with Gasteiger partial charge in [0.2, 0.25) is 11.9 Å². The van der Waals surface area contributed by atoms with Gasteiger partial charge in [0.1, 0.15) is 0 Å². The van der Waals surface area contributed by atoms with Gasteiger partial charge in [-0.1, -0.05) is 0 Å². The Kier molecular flexibility index (Phi) is 4.09. The van der Waals surface area contributed by atoms with Crippen LogP contribution < -0.4 is 16.0 Å². The van der Waals surface area contributed by atoms with Gasteiger partial charge < -0.3 is 16.0 Å². The number of nitrogens with two attached hydrogens (primary N) is 1. The largest absolute Gasteiger partial charge is 0.350 e. The molecule has 1 saturated heterocycles. The van der Waals surface area contributed by atoms with E-state index < -0.39 is 6.04 Å². The molecule has 1 aliphatic heterocycles. The molecular weight excluding hydrogens is 230 g/mol. The first-order valence-corrected chi connectivity index (χ1v) is 6.24. The zero-order chi connectivity index (χ0) is 13.0. The van der Waals surface area contributed by atoms with E-state index in [0.29, 0.717) is 0 Å². The zero-order valence-corrected chi connectivity index (χ0v) is 10.5. The minimum atomic E-state index is -0.464. The SMILES string of the molecule is C[C@H](N)C(=O)NC1CCCN(c2ncccn2)C1. The molecule has 2 rings (SSSR count). The summed E-state index contributed by atoms with van der Waals surface area (Å²) in [7, 11) is 0. The number of piperidine rings is 1. The average molecular weight is 249 g/mol. The van der Waals surface area contributed by atoms with Crippen LogP contribution in [0.1, 0.15) is 19.8 Å². The molecule has 0 bridgehead atoms. The van der Waals surface area contributed by atoms with E-state index >= 15 is 0 Å². The van der Waals surface area contributed by atoms with Crippen LogP contribution in [0, 0.1) is 0 Å². The molecule has 1 amide bonds. The van der Waals surface area contributed by atoms with E-state index in [1.807, 2.05) is 0 Å². The Balaban J connectivity index is 1.95. The van der Waals surface area contributed by atoms with Gasteiger partial charge in [-0.05, 0) is 25.8 Å². The van der Waals surface area contributed by atoms with E-state index in [2.05, 4.69) is 20.2 Å².